The molecular weight excluding hydrogens is 325 g/mol. The maximum absolute atomic E-state index is 12.8. The normalized spacial score (nSPS) is 18.7. The van der Waals surface area contributed by atoms with Crippen molar-refractivity contribution in [2.45, 2.75) is 25.1 Å². The van der Waals surface area contributed by atoms with Gasteiger partial charge in [-0.05, 0) is 25.0 Å². The van der Waals surface area contributed by atoms with E-state index in [0.29, 0.717) is 19.5 Å². The van der Waals surface area contributed by atoms with Crippen LogP contribution in [0, 0.1) is 0 Å². The van der Waals surface area contributed by atoms with Crippen LogP contribution in [0.15, 0.2) is 18.3 Å². The van der Waals surface area contributed by atoms with Crippen molar-refractivity contribution >= 4 is 11.9 Å². The third kappa shape index (κ3) is 3.53. The van der Waals surface area contributed by atoms with Crippen molar-refractivity contribution in [3.05, 3.63) is 24.0 Å². The fourth-order valence-electron chi connectivity index (χ4n) is 2.51. The number of halogens is 3. The summed E-state index contributed by atoms with van der Waals surface area (Å²) in [4.78, 5) is 17.2. The van der Waals surface area contributed by atoms with Crippen LogP contribution in [0.3, 0.4) is 0 Å². The van der Waals surface area contributed by atoms with Crippen molar-refractivity contribution in [2.24, 2.45) is 0 Å². The molecule has 0 bridgehead atoms. The van der Waals surface area contributed by atoms with Gasteiger partial charge in [-0.15, -0.1) is 0 Å². The van der Waals surface area contributed by atoms with Crippen LogP contribution >= 0.6 is 0 Å². The van der Waals surface area contributed by atoms with Gasteiger partial charge in [0.15, 0.2) is 5.82 Å². The maximum Gasteiger partial charge on any atom is 0.433 e. The molecule has 0 spiro atoms. The summed E-state index contributed by atoms with van der Waals surface area (Å²) in [5.41, 5.74) is 4.78. The van der Waals surface area contributed by atoms with Crippen molar-refractivity contribution in [3.63, 3.8) is 0 Å². The Morgan fingerprint density at radius 1 is 1.25 bits per heavy atom. The molecule has 1 aliphatic rings. The number of nitrogens with zero attached hydrogens (tertiary/aromatic N) is 5. The van der Waals surface area contributed by atoms with Gasteiger partial charge >= 0.3 is 6.18 Å². The van der Waals surface area contributed by atoms with E-state index in [4.69, 9.17) is 5.73 Å². The molecule has 128 valence electrons. The van der Waals surface area contributed by atoms with Crippen LogP contribution in [0.5, 0.6) is 0 Å². The fourth-order valence-corrected chi connectivity index (χ4v) is 2.51. The molecule has 24 heavy (non-hydrogen) atoms. The van der Waals surface area contributed by atoms with Crippen molar-refractivity contribution in [3.8, 4) is 11.4 Å². The number of nitrogen functional groups attached to an aromatic ring is 1. The van der Waals surface area contributed by atoms with Gasteiger partial charge in [0, 0.05) is 24.8 Å². The lowest BCUT2D eigenvalue weighted by molar-refractivity contribution is -0.141. The maximum atomic E-state index is 12.8. The first-order chi connectivity index (χ1) is 11.3. The van der Waals surface area contributed by atoms with E-state index < -0.39 is 18.0 Å². The highest BCUT2D eigenvalue weighted by Gasteiger charge is 2.32. The van der Waals surface area contributed by atoms with Crippen LogP contribution in [0.25, 0.3) is 11.4 Å². The Labute approximate surface area is 135 Å². The van der Waals surface area contributed by atoms with Crippen molar-refractivity contribution in [1.29, 1.82) is 0 Å². The number of piperidine rings is 1. The average Bonchev–Trinajstić information content (AvgIpc) is 2.54. The molecule has 0 aliphatic carbocycles. The van der Waals surface area contributed by atoms with E-state index in [0.717, 1.165) is 18.7 Å². The molecule has 1 saturated heterocycles. The Morgan fingerprint density at radius 2 is 2.04 bits per heavy atom. The third-order valence-corrected chi connectivity index (χ3v) is 3.63. The van der Waals surface area contributed by atoms with E-state index in [1.807, 2.05) is 0 Å². The number of hydrogen-bond acceptors (Lipinski definition) is 7. The van der Waals surface area contributed by atoms with Crippen molar-refractivity contribution in [2.75, 3.05) is 23.7 Å². The Bertz CT molecular complexity index is 739. The summed E-state index contributed by atoms with van der Waals surface area (Å²) in [6, 6.07) is 2.24. The summed E-state index contributed by atoms with van der Waals surface area (Å²) < 4.78 is 38.4. The largest absolute Gasteiger partial charge is 0.433 e. The summed E-state index contributed by atoms with van der Waals surface area (Å²) in [5.74, 6) is 0.174. The number of aliphatic hydroxyl groups is 1. The lowest BCUT2D eigenvalue weighted by Crippen LogP contribution is -2.39. The number of aliphatic hydroxyl groups excluding tert-OH is 1. The molecule has 0 saturated carbocycles. The molecule has 2 aromatic heterocycles. The van der Waals surface area contributed by atoms with Gasteiger partial charge in [-0.2, -0.15) is 28.1 Å². The minimum Gasteiger partial charge on any atom is -0.391 e. The van der Waals surface area contributed by atoms with Crippen LogP contribution in [0.1, 0.15) is 18.5 Å². The van der Waals surface area contributed by atoms with E-state index in [1.54, 1.807) is 4.90 Å². The highest BCUT2D eigenvalue weighted by Crippen LogP contribution is 2.30. The fraction of sp³-hybridized carbons (Fsp3) is 0.429. The molecule has 1 aliphatic heterocycles. The molecule has 1 fully saturated rings. The smallest absolute Gasteiger partial charge is 0.391 e. The quantitative estimate of drug-likeness (QED) is 0.854. The Morgan fingerprint density at radius 3 is 2.75 bits per heavy atom. The number of nitrogens with two attached hydrogens (primary N) is 1. The molecular formula is C14H15F3N6O. The topological polar surface area (TPSA) is 101 Å². The summed E-state index contributed by atoms with van der Waals surface area (Å²) >= 11 is 0. The average molecular weight is 340 g/mol. The van der Waals surface area contributed by atoms with Crippen LogP contribution in [-0.2, 0) is 6.18 Å². The van der Waals surface area contributed by atoms with Gasteiger partial charge in [0.25, 0.3) is 0 Å². The molecule has 3 N–H and O–H groups in total. The summed E-state index contributed by atoms with van der Waals surface area (Å²) in [6.45, 7) is 0.969. The van der Waals surface area contributed by atoms with Gasteiger partial charge in [-0.3, -0.25) is 4.98 Å². The van der Waals surface area contributed by atoms with Gasteiger partial charge in [-0.25, -0.2) is 0 Å². The number of anilines is 2. The van der Waals surface area contributed by atoms with Crippen molar-refractivity contribution < 1.29 is 18.3 Å². The highest BCUT2D eigenvalue weighted by molar-refractivity contribution is 5.58. The monoisotopic (exact) mass is 340 g/mol. The second kappa shape index (κ2) is 6.19. The number of β-amino-alcohol motifs (C(OH)–C–C–N with tert-alkyl or cyclic N) is 1. The summed E-state index contributed by atoms with van der Waals surface area (Å²) in [7, 11) is 0. The molecule has 1 atom stereocenters. The molecule has 0 radical (unpaired) electrons. The van der Waals surface area contributed by atoms with Gasteiger partial charge < -0.3 is 15.7 Å². The lowest BCUT2D eigenvalue weighted by Gasteiger charge is -2.30. The molecule has 3 heterocycles. The second-order valence-electron chi connectivity index (χ2n) is 5.49. The van der Waals surface area contributed by atoms with E-state index in [2.05, 4.69) is 19.9 Å². The minimum absolute atomic E-state index is 0.0328. The first-order valence-corrected chi connectivity index (χ1v) is 7.31. The van der Waals surface area contributed by atoms with Crippen molar-refractivity contribution in [1.82, 2.24) is 19.9 Å². The Balaban J connectivity index is 1.97. The zero-order chi connectivity index (χ0) is 17.3. The van der Waals surface area contributed by atoms with Gasteiger partial charge in [0.1, 0.15) is 5.69 Å². The van der Waals surface area contributed by atoms with Crippen LogP contribution in [0.4, 0.5) is 25.1 Å². The van der Waals surface area contributed by atoms with Gasteiger partial charge in [0.2, 0.25) is 11.9 Å². The zero-order valence-corrected chi connectivity index (χ0v) is 12.5. The summed E-state index contributed by atoms with van der Waals surface area (Å²) in [6.07, 6.45) is -2.58. The standard InChI is InChI=1S/C14H15F3N6O/c15-14(16,17)10-6-8(3-4-19-10)11-20-12(18)22-13(21-11)23-5-1-2-9(24)7-23/h3-4,6,9,24H,1-2,5,7H2,(H2,18,20,21,22)/t9-/m1/s1. The second-order valence-corrected chi connectivity index (χ2v) is 5.49. The Kier molecular flexibility index (Phi) is 4.22. The van der Waals surface area contributed by atoms with Crippen LogP contribution in [-0.4, -0.2) is 44.2 Å². The first-order valence-electron chi connectivity index (χ1n) is 7.31. The SMILES string of the molecule is Nc1nc(-c2ccnc(C(F)(F)F)c2)nc(N2CCC[C@@H](O)C2)n1. The molecule has 10 heteroatoms. The number of pyridine rings is 1. The molecule has 0 unspecified atom stereocenters. The molecule has 2 aromatic rings. The number of alkyl halides is 3. The van der Waals surface area contributed by atoms with Gasteiger partial charge in [-0.1, -0.05) is 0 Å². The number of rotatable bonds is 2. The Hall–Kier alpha value is -2.49. The molecule has 0 aromatic carbocycles. The van der Waals surface area contributed by atoms with E-state index in [9.17, 15) is 18.3 Å². The molecule has 7 nitrogen and oxygen atoms in total. The number of aromatic nitrogens is 4. The van der Waals surface area contributed by atoms with Gasteiger partial charge in [0.05, 0.1) is 6.10 Å². The lowest BCUT2D eigenvalue weighted by atomic mass is 10.1. The predicted molar refractivity (Wildman–Crippen MR) is 79.9 cm³/mol. The highest BCUT2D eigenvalue weighted by atomic mass is 19.4. The molecule has 0 amide bonds. The van der Waals surface area contributed by atoms with E-state index in [-0.39, 0.29) is 23.3 Å². The summed E-state index contributed by atoms with van der Waals surface area (Å²) in [5, 5.41) is 9.75. The van der Waals surface area contributed by atoms with Crippen LogP contribution in [0.2, 0.25) is 0 Å². The molecule has 3 rings (SSSR count). The predicted octanol–water partition coefficient (Wildman–Crippen LogP) is 1.50. The first kappa shape index (κ1) is 16.4. The van der Waals surface area contributed by atoms with E-state index in [1.165, 1.54) is 6.07 Å². The third-order valence-electron chi connectivity index (χ3n) is 3.63. The van der Waals surface area contributed by atoms with E-state index >= 15 is 0 Å². The van der Waals surface area contributed by atoms with Crippen LogP contribution < -0.4 is 10.6 Å². The zero-order valence-electron chi connectivity index (χ0n) is 12.5. The number of hydrogen-bond donors (Lipinski definition) is 2. The minimum atomic E-state index is -4.56.